The number of nitrogens with zero attached hydrogens (tertiary/aromatic N) is 1. The lowest BCUT2D eigenvalue weighted by molar-refractivity contribution is 0.346. The van der Waals surface area contributed by atoms with E-state index in [-0.39, 0.29) is 5.41 Å². The number of anilines is 3. The molecule has 1 nitrogen and oxygen atoms in total. The van der Waals surface area contributed by atoms with E-state index in [1.165, 1.54) is 97.0 Å². The fourth-order valence-electron chi connectivity index (χ4n) is 8.28. The van der Waals surface area contributed by atoms with E-state index in [1.54, 1.807) is 0 Å². The number of benzene rings is 7. The third-order valence-electron chi connectivity index (χ3n) is 10.8. The predicted octanol–water partition coefficient (Wildman–Crippen LogP) is 14.1. The highest BCUT2D eigenvalue weighted by Gasteiger charge is 2.35. The standard InChI is InChI=1S/C48H39NS/c1-5-14-35(15-6-1)36-22-26-40(27-23-36)49(41-28-24-39(25-29-41)48(32-11-4-12-33-48)38-18-9-3-10-19-38)42-30-31-44-46(34-42)50-45-21-13-20-43(47(44)45)37-16-7-2-8-17-37/h1-3,5-10,13-31,34H,4,11-12,32-33H2. The summed E-state index contributed by atoms with van der Waals surface area (Å²) in [7, 11) is 0. The second-order valence-electron chi connectivity index (χ2n) is 13.6. The Balaban J connectivity index is 1.16. The molecule has 1 heterocycles. The Morgan fingerprint density at radius 3 is 1.66 bits per heavy atom. The maximum absolute atomic E-state index is 2.43. The summed E-state index contributed by atoms with van der Waals surface area (Å²) in [4.78, 5) is 2.43. The van der Waals surface area contributed by atoms with Gasteiger partial charge in [-0.3, -0.25) is 0 Å². The average molecular weight is 662 g/mol. The summed E-state index contributed by atoms with van der Waals surface area (Å²) >= 11 is 1.88. The monoisotopic (exact) mass is 661 g/mol. The van der Waals surface area contributed by atoms with Gasteiger partial charge in [0.05, 0.1) is 0 Å². The van der Waals surface area contributed by atoms with E-state index in [1.807, 2.05) is 11.3 Å². The normalized spacial score (nSPS) is 14.2. The first-order valence-electron chi connectivity index (χ1n) is 17.9. The Morgan fingerprint density at radius 2 is 0.980 bits per heavy atom. The van der Waals surface area contributed by atoms with Crippen LogP contribution in [0.25, 0.3) is 42.4 Å². The van der Waals surface area contributed by atoms with Gasteiger partial charge in [0, 0.05) is 42.6 Å². The maximum Gasteiger partial charge on any atom is 0.0476 e. The Labute approximate surface area is 299 Å². The van der Waals surface area contributed by atoms with Gasteiger partial charge in [0.1, 0.15) is 0 Å². The van der Waals surface area contributed by atoms with Crippen molar-refractivity contribution in [2.45, 2.75) is 37.5 Å². The summed E-state index contributed by atoms with van der Waals surface area (Å²) in [6.45, 7) is 0. The third-order valence-corrected chi connectivity index (χ3v) is 11.9. The lowest BCUT2D eigenvalue weighted by Gasteiger charge is -2.39. The topological polar surface area (TPSA) is 3.24 Å². The zero-order valence-corrected chi connectivity index (χ0v) is 29.0. The molecule has 242 valence electrons. The highest BCUT2D eigenvalue weighted by Crippen LogP contribution is 2.47. The molecular weight excluding hydrogens is 623 g/mol. The molecular formula is C48H39NS. The quantitative estimate of drug-likeness (QED) is 0.164. The van der Waals surface area contributed by atoms with Gasteiger partial charge in [-0.25, -0.2) is 0 Å². The zero-order chi connectivity index (χ0) is 33.3. The average Bonchev–Trinajstić information content (AvgIpc) is 3.58. The molecule has 2 heteroatoms. The van der Waals surface area contributed by atoms with E-state index in [0.717, 1.165) is 5.69 Å². The smallest absolute Gasteiger partial charge is 0.0476 e. The van der Waals surface area contributed by atoms with Crippen LogP contribution < -0.4 is 4.90 Å². The van der Waals surface area contributed by atoms with Crippen molar-refractivity contribution >= 4 is 48.6 Å². The van der Waals surface area contributed by atoms with Crippen molar-refractivity contribution in [1.82, 2.24) is 0 Å². The van der Waals surface area contributed by atoms with Crippen LogP contribution in [0.4, 0.5) is 17.1 Å². The minimum atomic E-state index is 0.0760. The summed E-state index contributed by atoms with van der Waals surface area (Å²) in [6, 6.07) is 64.9. The Morgan fingerprint density at radius 1 is 0.420 bits per heavy atom. The first-order valence-corrected chi connectivity index (χ1v) is 18.7. The summed E-state index contributed by atoms with van der Waals surface area (Å²) in [5.74, 6) is 0. The number of rotatable bonds is 7. The Bertz CT molecular complexity index is 2370. The van der Waals surface area contributed by atoms with Crippen LogP contribution in [0.1, 0.15) is 43.2 Å². The van der Waals surface area contributed by atoms with Crippen LogP contribution in [0.5, 0.6) is 0 Å². The molecule has 1 fully saturated rings. The Hall–Kier alpha value is -5.44. The number of hydrogen-bond donors (Lipinski definition) is 0. The first-order chi connectivity index (χ1) is 24.8. The minimum Gasteiger partial charge on any atom is -0.310 e. The maximum atomic E-state index is 2.43. The minimum absolute atomic E-state index is 0.0760. The van der Waals surface area contributed by atoms with Crippen molar-refractivity contribution in [1.29, 1.82) is 0 Å². The Kier molecular flexibility index (Phi) is 8.03. The van der Waals surface area contributed by atoms with Gasteiger partial charge >= 0.3 is 0 Å². The van der Waals surface area contributed by atoms with Gasteiger partial charge in [0.25, 0.3) is 0 Å². The van der Waals surface area contributed by atoms with Crippen molar-refractivity contribution in [3.63, 3.8) is 0 Å². The van der Waals surface area contributed by atoms with Crippen LogP contribution in [0.3, 0.4) is 0 Å². The molecule has 0 radical (unpaired) electrons. The van der Waals surface area contributed by atoms with Gasteiger partial charge in [-0.2, -0.15) is 0 Å². The molecule has 1 aromatic heterocycles. The van der Waals surface area contributed by atoms with E-state index < -0.39 is 0 Å². The summed E-state index contributed by atoms with van der Waals surface area (Å²) in [6.07, 6.45) is 6.28. The van der Waals surface area contributed by atoms with Crippen LogP contribution in [-0.4, -0.2) is 0 Å². The molecule has 0 saturated heterocycles. The molecule has 0 spiro atoms. The van der Waals surface area contributed by atoms with Gasteiger partial charge in [0.2, 0.25) is 0 Å². The predicted molar refractivity (Wildman–Crippen MR) is 215 cm³/mol. The molecule has 50 heavy (non-hydrogen) atoms. The molecule has 0 amide bonds. The van der Waals surface area contributed by atoms with Gasteiger partial charge in [-0.1, -0.05) is 153 Å². The molecule has 7 aromatic carbocycles. The number of thiophene rings is 1. The lowest BCUT2D eigenvalue weighted by atomic mass is 9.65. The highest BCUT2D eigenvalue weighted by atomic mass is 32.1. The molecule has 8 aromatic rings. The summed E-state index contributed by atoms with van der Waals surface area (Å²) in [5.41, 5.74) is 11.5. The summed E-state index contributed by atoms with van der Waals surface area (Å²) in [5, 5.41) is 2.65. The van der Waals surface area contributed by atoms with E-state index in [2.05, 4.69) is 181 Å². The van der Waals surface area contributed by atoms with E-state index in [9.17, 15) is 0 Å². The number of hydrogen-bond acceptors (Lipinski definition) is 2. The van der Waals surface area contributed by atoms with Crippen LogP contribution in [-0.2, 0) is 5.41 Å². The van der Waals surface area contributed by atoms with Crippen molar-refractivity contribution in [2.24, 2.45) is 0 Å². The van der Waals surface area contributed by atoms with Crippen molar-refractivity contribution < 1.29 is 0 Å². The zero-order valence-electron chi connectivity index (χ0n) is 28.1. The first kappa shape index (κ1) is 30.6. The molecule has 0 N–H and O–H groups in total. The molecule has 1 saturated carbocycles. The van der Waals surface area contributed by atoms with E-state index >= 15 is 0 Å². The van der Waals surface area contributed by atoms with Crippen molar-refractivity contribution in [3.05, 3.63) is 187 Å². The summed E-state index contributed by atoms with van der Waals surface area (Å²) < 4.78 is 2.62. The molecule has 0 unspecified atom stereocenters. The van der Waals surface area contributed by atoms with Crippen molar-refractivity contribution in [3.8, 4) is 22.3 Å². The SMILES string of the molecule is c1ccc(-c2ccc(N(c3ccc(C4(c5ccccc5)CCCCC4)cc3)c3ccc4c(c3)sc3cccc(-c5ccccc5)c34)cc2)cc1. The van der Waals surface area contributed by atoms with Gasteiger partial charge in [-0.05, 0) is 88.7 Å². The molecule has 1 aliphatic rings. The molecule has 0 bridgehead atoms. The fourth-order valence-corrected chi connectivity index (χ4v) is 9.44. The molecule has 9 rings (SSSR count). The van der Waals surface area contributed by atoms with Crippen LogP contribution in [0.2, 0.25) is 0 Å². The van der Waals surface area contributed by atoms with Gasteiger partial charge in [0.15, 0.2) is 0 Å². The van der Waals surface area contributed by atoms with Crippen molar-refractivity contribution in [2.75, 3.05) is 4.90 Å². The second-order valence-corrected chi connectivity index (χ2v) is 14.7. The molecule has 1 aliphatic carbocycles. The second kappa shape index (κ2) is 13.1. The van der Waals surface area contributed by atoms with Crippen LogP contribution in [0, 0.1) is 0 Å². The molecule has 0 atom stereocenters. The highest BCUT2D eigenvalue weighted by molar-refractivity contribution is 7.26. The van der Waals surface area contributed by atoms with E-state index in [4.69, 9.17) is 0 Å². The largest absolute Gasteiger partial charge is 0.310 e. The number of fused-ring (bicyclic) bond motifs is 3. The van der Waals surface area contributed by atoms with Crippen LogP contribution in [0.15, 0.2) is 176 Å². The van der Waals surface area contributed by atoms with Crippen LogP contribution >= 0.6 is 11.3 Å². The van der Waals surface area contributed by atoms with Gasteiger partial charge in [-0.15, -0.1) is 11.3 Å². The third kappa shape index (κ3) is 5.50. The van der Waals surface area contributed by atoms with E-state index in [0.29, 0.717) is 0 Å². The molecule has 0 aliphatic heterocycles. The fraction of sp³-hybridized carbons (Fsp3) is 0.125. The van der Waals surface area contributed by atoms with Gasteiger partial charge < -0.3 is 4.90 Å². The lowest BCUT2D eigenvalue weighted by Crippen LogP contribution is -2.30.